The third-order valence-electron chi connectivity index (χ3n) is 12.2. The lowest BCUT2D eigenvalue weighted by Crippen LogP contribution is -2.46. The van der Waals surface area contributed by atoms with E-state index >= 15 is 0 Å². The van der Waals surface area contributed by atoms with Gasteiger partial charge in [-0.05, 0) is 83.5 Å². The van der Waals surface area contributed by atoms with Gasteiger partial charge in [0.15, 0.2) is 0 Å². The molecule has 0 aliphatic rings. The predicted octanol–water partition coefficient (Wildman–Crippen LogP) is 16.2. The molecule has 0 rings (SSSR count). The van der Waals surface area contributed by atoms with Crippen molar-refractivity contribution < 1.29 is 24.5 Å². The lowest BCUT2D eigenvalue weighted by molar-refractivity contribution is -0.151. The van der Waals surface area contributed by atoms with Crippen molar-refractivity contribution in [3.05, 3.63) is 48.6 Å². The lowest BCUT2D eigenvalue weighted by Gasteiger charge is -2.24. The number of amides is 1. The van der Waals surface area contributed by atoms with Gasteiger partial charge in [-0.3, -0.25) is 9.59 Å². The Labute approximate surface area is 385 Å². The molecule has 0 aliphatic heterocycles. The van der Waals surface area contributed by atoms with Crippen LogP contribution in [0.15, 0.2) is 48.6 Å². The van der Waals surface area contributed by atoms with Gasteiger partial charge in [0, 0.05) is 6.42 Å². The van der Waals surface area contributed by atoms with Crippen molar-refractivity contribution in [2.45, 2.75) is 289 Å². The van der Waals surface area contributed by atoms with Gasteiger partial charge in [0.2, 0.25) is 5.91 Å². The summed E-state index contributed by atoms with van der Waals surface area (Å²) in [5, 5.41) is 23.7. The number of allylic oxidation sites excluding steroid dienone is 8. The van der Waals surface area contributed by atoms with Crippen molar-refractivity contribution in [1.29, 1.82) is 0 Å². The molecule has 0 bridgehead atoms. The van der Waals surface area contributed by atoms with Crippen LogP contribution in [0.4, 0.5) is 0 Å². The number of nitrogens with one attached hydrogen (secondary N) is 1. The lowest BCUT2D eigenvalue weighted by atomic mass is 10.0. The number of unbranched alkanes of at least 4 members (excludes halogenated alkanes) is 29. The van der Waals surface area contributed by atoms with Gasteiger partial charge in [-0.15, -0.1) is 0 Å². The van der Waals surface area contributed by atoms with E-state index in [0.29, 0.717) is 19.3 Å². The molecule has 0 aliphatic carbocycles. The summed E-state index contributed by atoms with van der Waals surface area (Å²) in [6.07, 6.45) is 60.3. The maximum Gasteiger partial charge on any atom is 0.306 e. The van der Waals surface area contributed by atoms with Crippen LogP contribution in [0.3, 0.4) is 0 Å². The van der Waals surface area contributed by atoms with Gasteiger partial charge < -0.3 is 20.3 Å². The average molecular weight is 870 g/mol. The molecule has 62 heavy (non-hydrogen) atoms. The molecule has 6 nitrogen and oxygen atoms in total. The number of esters is 1. The summed E-state index contributed by atoms with van der Waals surface area (Å²) in [6, 6.07) is -0.711. The first-order chi connectivity index (χ1) is 30.5. The van der Waals surface area contributed by atoms with Crippen LogP contribution in [0.5, 0.6) is 0 Å². The Kier molecular flexibility index (Phi) is 48.1. The predicted molar refractivity (Wildman–Crippen MR) is 269 cm³/mol. The summed E-state index contributed by atoms with van der Waals surface area (Å²) in [6.45, 7) is 6.44. The molecule has 3 unspecified atom stereocenters. The first-order valence-corrected chi connectivity index (χ1v) is 26.9. The molecular weight excluding hydrogens is 767 g/mol. The third kappa shape index (κ3) is 44.4. The van der Waals surface area contributed by atoms with Crippen LogP contribution < -0.4 is 5.32 Å². The Balaban J connectivity index is 4.62. The molecule has 0 aromatic rings. The van der Waals surface area contributed by atoms with Gasteiger partial charge in [-0.25, -0.2) is 0 Å². The highest BCUT2D eigenvalue weighted by atomic mass is 16.5. The second kappa shape index (κ2) is 49.8. The van der Waals surface area contributed by atoms with Gasteiger partial charge in [0.25, 0.3) is 0 Å². The summed E-state index contributed by atoms with van der Waals surface area (Å²) in [5.41, 5.74) is 0. The number of hydrogen-bond acceptors (Lipinski definition) is 5. The van der Waals surface area contributed by atoms with E-state index in [0.717, 1.165) is 83.5 Å². The number of rotatable bonds is 48. The Morgan fingerprint density at radius 2 is 0.871 bits per heavy atom. The summed E-state index contributed by atoms with van der Waals surface area (Å²) >= 11 is 0. The van der Waals surface area contributed by atoms with Crippen molar-refractivity contribution in [3.8, 4) is 0 Å². The number of hydrogen-bond donors (Lipinski definition) is 3. The number of carbonyl (C=O) groups is 2. The van der Waals surface area contributed by atoms with Crippen LogP contribution in [-0.4, -0.2) is 46.9 Å². The van der Waals surface area contributed by atoms with Crippen LogP contribution in [0.2, 0.25) is 0 Å². The maximum absolute atomic E-state index is 13.2. The summed E-state index contributed by atoms with van der Waals surface area (Å²) in [5.74, 6) is -0.503. The van der Waals surface area contributed by atoms with Crippen LogP contribution in [0, 0.1) is 0 Å². The second-order valence-corrected chi connectivity index (χ2v) is 18.3. The van der Waals surface area contributed by atoms with Gasteiger partial charge in [-0.2, -0.15) is 0 Å². The fourth-order valence-electron chi connectivity index (χ4n) is 8.04. The van der Waals surface area contributed by atoms with E-state index in [1.54, 1.807) is 0 Å². The highest BCUT2D eigenvalue weighted by Gasteiger charge is 2.24. The summed E-state index contributed by atoms with van der Waals surface area (Å²) in [7, 11) is 0. The normalized spacial score (nSPS) is 13.6. The van der Waals surface area contributed by atoms with E-state index in [4.69, 9.17) is 4.74 Å². The molecule has 0 aromatic heterocycles. The molecular formula is C56H103NO5. The molecule has 3 N–H and O–H groups in total. The maximum atomic E-state index is 13.2. The van der Waals surface area contributed by atoms with Crippen LogP contribution in [0.1, 0.15) is 271 Å². The fourth-order valence-corrected chi connectivity index (χ4v) is 8.04. The van der Waals surface area contributed by atoms with Crippen molar-refractivity contribution in [2.24, 2.45) is 0 Å². The zero-order valence-corrected chi connectivity index (χ0v) is 41.3. The zero-order valence-electron chi connectivity index (χ0n) is 41.3. The van der Waals surface area contributed by atoms with Crippen LogP contribution >= 0.6 is 0 Å². The van der Waals surface area contributed by atoms with E-state index in [1.807, 2.05) is 0 Å². The van der Waals surface area contributed by atoms with Crippen molar-refractivity contribution >= 4 is 11.9 Å². The number of ether oxygens (including phenoxy) is 1. The molecule has 1 amide bonds. The minimum atomic E-state index is -0.795. The topological polar surface area (TPSA) is 95.9 Å². The first kappa shape index (κ1) is 59.8. The highest BCUT2D eigenvalue weighted by molar-refractivity contribution is 5.77. The summed E-state index contributed by atoms with van der Waals surface area (Å²) in [4.78, 5) is 26.2. The van der Waals surface area contributed by atoms with Crippen LogP contribution in [0.25, 0.3) is 0 Å². The Morgan fingerprint density at radius 3 is 1.37 bits per heavy atom. The summed E-state index contributed by atoms with van der Waals surface area (Å²) < 4.78 is 5.93. The van der Waals surface area contributed by atoms with E-state index in [9.17, 15) is 19.8 Å². The average Bonchev–Trinajstić information content (AvgIpc) is 3.26. The molecule has 6 heteroatoms. The zero-order chi connectivity index (χ0) is 45.2. The quantitative estimate of drug-likeness (QED) is 0.0245. The van der Waals surface area contributed by atoms with Crippen molar-refractivity contribution in [1.82, 2.24) is 5.32 Å². The van der Waals surface area contributed by atoms with E-state index in [1.165, 1.54) is 141 Å². The van der Waals surface area contributed by atoms with E-state index in [-0.39, 0.29) is 24.9 Å². The number of aliphatic hydroxyl groups excluding tert-OH is 2. The third-order valence-corrected chi connectivity index (χ3v) is 12.2. The molecule has 0 spiro atoms. The highest BCUT2D eigenvalue weighted by Crippen LogP contribution is 2.17. The second-order valence-electron chi connectivity index (χ2n) is 18.3. The van der Waals surface area contributed by atoms with Crippen molar-refractivity contribution in [2.75, 3.05) is 6.61 Å². The van der Waals surface area contributed by atoms with Gasteiger partial charge >= 0.3 is 5.97 Å². The smallest absolute Gasteiger partial charge is 0.306 e. The molecule has 362 valence electrons. The van der Waals surface area contributed by atoms with Gasteiger partial charge in [0.1, 0.15) is 6.10 Å². The molecule has 0 aromatic carbocycles. The molecule has 0 saturated carbocycles. The number of carbonyl (C=O) groups excluding carboxylic acids is 2. The number of aliphatic hydroxyl groups is 2. The Bertz CT molecular complexity index is 1070. The molecule has 0 saturated heterocycles. The fraction of sp³-hybridized carbons (Fsp3) is 0.821. The largest absolute Gasteiger partial charge is 0.462 e. The van der Waals surface area contributed by atoms with E-state index < -0.39 is 18.2 Å². The van der Waals surface area contributed by atoms with Crippen LogP contribution in [-0.2, 0) is 14.3 Å². The SMILES string of the molecule is CCCCC/C=C\C/C=C\CCCCCCCCCC(=O)OC(CCCCC/C=C/C=C/CCCCCCCCC)CC(=O)NC(CO)C(O)CCCCCCCCCCCC. The monoisotopic (exact) mass is 870 g/mol. The molecule has 0 fully saturated rings. The molecule has 3 atom stereocenters. The minimum Gasteiger partial charge on any atom is -0.462 e. The van der Waals surface area contributed by atoms with Crippen molar-refractivity contribution in [3.63, 3.8) is 0 Å². The molecule has 0 heterocycles. The van der Waals surface area contributed by atoms with Gasteiger partial charge in [0.05, 0.1) is 25.2 Å². The molecule has 0 radical (unpaired) electrons. The van der Waals surface area contributed by atoms with E-state index in [2.05, 4.69) is 74.7 Å². The Hall–Kier alpha value is -2.18. The minimum absolute atomic E-state index is 0.0571. The Morgan fingerprint density at radius 1 is 0.484 bits per heavy atom. The van der Waals surface area contributed by atoms with Gasteiger partial charge in [-0.1, -0.05) is 223 Å². The first-order valence-electron chi connectivity index (χ1n) is 26.9. The standard InChI is InChI=1S/C56H103NO5/c1-4-7-10-13-16-19-22-24-26-28-30-32-34-37-40-43-46-49-56(61)62-52(47-44-41-38-35-33-31-29-27-25-23-20-17-14-11-8-5-2)50-55(60)57-53(51-58)54(59)48-45-42-39-36-21-18-15-12-9-6-3/h16,19,24,26-27,29,31,33,52-54,58-59H,4-15,17-18,20-23,25,28,30,32,34-51H2,1-3H3,(H,57,60)/b19-16-,26-24-,29-27+,33-31+.